The number of carbonyl (C=O) groups excluding carboxylic acids is 1. The van der Waals surface area contributed by atoms with Crippen LogP contribution in [0.15, 0.2) is 0 Å². The van der Waals surface area contributed by atoms with E-state index in [1.807, 2.05) is 6.55 Å². The standard InChI is InChI=1S/C8H18NO2SSi/c1-8(2,3)5-13(4)11-7(12)6(9)10/h7,12H,5H2,1-4H3,(H2,9,10). The minimum Gasteiger partial charge on any atom is -0.398 e. The van der Waals surface area contributed by atoms with Gasteiger partial charge in [-0.05, 0) is 18.0 Å². The molecule has 0 fully saturated rings. The van der Waals surface area contributed by atoms with Crippen LogP contribution in [-0.4, -0.2) is 20.4 Å². The van der Waals surface area contributed by atoms with E-state index in [-0.39, 0.29) is 5.41 Å². The lowest BCUT2D eigenvalue weighted by molar-refractivity contribution is -0.121. The van der Waals surface area contributed by atoms with Gasteiger partial charge < -0.3 is 10.2 Å². The quantitative estimate of drug-likeness (QED) is 0.427. The third-order valence-corrected chi connectivity index (χ3v) is 4.09. The lowest BCUT2D eigenvalue weighted by Crippen LogP contribution is -2.33. The van der Waals surface area contributed by atoms with E-state index in [2.05, 4.69) is 33.4 Å². The molecule has 0 spiro atoms. The van der Waals surface area contributed by atoms with Crippen molar-refractivity contribution in [1.82, 2.24) is 0 Å². The van der Waals surface area contributed by atoms with Gasteiger partial charge in [0.05, 0.1) is 0 Å². The molecule has 0 aliphatic rings. The Balaban J connectivity index is 3.88. The highest BCUT2D eigenvalue weighted by Crippen LogP contribution is 2.22. The number of hydrogen-bond acceptors (Lipinski definition) is 3. The average molecular weight is 220 g/mol. The Morgan fingerprint density at radius 2 is 2.08 bits per heavy atom. The zero-order valence-electron chi connectivity index (χ0n) is 8.63. The molecule has 5 heteroatoms. The van der Waals surface area contributed by atoms with Gasteiger partial charge in [0.15, 0.2) is 5.44 Å². The summed E-state index contributed by atoms with van der Waals surface area (Å²) in [5.41, 5.74) is 4.51. The molecule has 2 N–H and O–H groups in total. The second-order valence-electron chi connectivity index (χ2n) is 4.31. The third kappa shape index (κ3) is 7.10. The van der Waals surface area contributed by atoms with Crippen molar-refractivity contribution in [2.45, 2.75) is 38.8 Å². The smallest absolute Gasteiger partial charge is 0.255 e. The van der Waals surface area contributed by atoms with Crippen LogP contribution < -0.4 is 5.73 Å². The molecule has 13 heavy (non-hydrogen) atoms. The van der Waals surface area contributed by atoms with Crippen molar-refractivity contribution in [2.24, 2.45) is 11.1 Å². The second kappa shape index (κ2) is 5.02. The average Bonchev–Trinajstić information content (AvgIpc) is 1.81. The fraction of sp³-hybridized carbons (Fsp3) is 0.875. The minimum atomic E-state index is -0.968. The van der Waals surface area contributed by atoms with Crippen LogP contribution in [0, 0.1) is 5.41 Å². The molecule has 1 amide bonds. The first kappa shape index (κ1) is 13.0. The highest BCUT2D eigenvalue weighted by molar-refractivity contribution is 7.81. The number of nitrogens with two attached hydrogens (primary N) is 1. The van der Waals surface area contributed by atoms with Crippen LogP contribution in [0.1, 0.15) is 20.8 Å². The monoisotopic (exact) mass is 220 g/mol. The van der Waals surface area contributed by atoms with E-state index in [4.69, 9.17) is 10.2 Å². The Morgan fingerprint density at radius 3 is 2.38 bits per heavy atom. The van der Waals surface area contributed by atoms with E-state index in [9.17, 15) is 4.79 Å². The summed E-state index contributed by atoms with van der Waals surface area (Å²) in [6, 6.07) is 0.974. The summed E-state index contributed by atoms with van der Waals surface area (Å²) in [5.74, 6) is -0.512. The summed E-state index contributed by atoms with van der Waals surface area (Å²) < 4.78 is 5.38. The molecule has 0 saturated carbocycles. The molecule has 0 aliphatic carbocycles. The van der Waals surface area contributed by atoms with Crippen LogP contribution in [0.5, 0.6) is 0 Å². The summed E-state index contributed by atoms with van der Waals surface area (Å²) in [6.07, 6.45) is 0. The van der Waals surface area contributed by atoms with Gasteiger partial charge in [-0.2, -0.15) is 0 Å². The molecule has 0 rings (SSSR count). The number of rotatable bonds is 4. The zero-order chi connectivity index (χ0) is 10.6. The molecule has 0 heterocycles. The topological polar surface area (TPSA) is 52.3 Å². The number of thiol groups is 1. The van der Waals surface area contributed by atoms with Crippen molar-refractivity contribution in [2.75, 3.05) is 0 Å². The number of amides is 1. The second-order valence-corrected chi connectivity index (χ2v) is 6.77. The van der Waals surface area contributed by atoms with Crippen LogP contribution in [0.3, 0.4) is 0 Å². The first-order chi connectivity index (χ1) is 5.72. The van der Waals surface area contributed by atoms with Gasteiger partial charge in [0.25, 0.3) is 5.91 Å². The molecule has 1 unspecified atom stereocenters. The Morgan fingerprint density at radius 1 is 1.62 bits per heavy atom. The van der Waals surface area contributed by atoms with Crippen molar-refractivity contribution in [3.8, 4) is 0 Å². The maximum atomic E-state index is 10.6. The van der Waals surface area contributed by atoms with Gasteiger partial charge in [-0.1, -0.05) is 20.8 Å². The number of carbonyl (C=O) groups is 1. The van der Waals surface area contributed by atoms with Gasteiger partial charge in [0, 0.05) is 0 Å². The van der Waals surface area contributed by atoms with Crippen LogP contribution in [0.2, 0.25) is 12.6 Å². The summed E-state index contributed by atoms with van der Waals surface area (Å²) in [4.78, 5) is 10.6. The molecule has 1 radical (unpaired) electrons. The van der Waals surface area contributed by atoms with Gasteiger partial charge in [-0.15, -0.1) is 12.6 Å². The molecule has 0 aromatic rings. The highest BCUT2D eigenvalue weighted by Gasteiger charge is 2.21. The van der Waals surface area contributed by atoms with E-state index in [0.717, 1.165) is 6.04 Å². The Labute approximate surface area is 87.2 Å². The maximum absolute atomic E-state index is 10.6. The molecule has 3 nitrogen and oxygen atoms in total. The van der Waals surface area contributed by atoms with Gasteiger partial charge in [0.1, 0.15) is 0 Å². The minimum absolute atomic E-state index is 0.230. The molecule has 77 valence electrons. The van der Waals surface area contributed by atoms with Crippen molar-refractivity contribution in [3.05, 3.63) is 0 Å². The molecule has 0 aliphatic heterocycles. The Kier molecular flexibility index (Phi) is 5.02. The van der Waals surface area contributed by atoms with E-state index in [0.29, 0.717) is 0 Å². The predicted octanol–water partition coefficient (Wildman–Crippen LogP) is 1.41. The van der Waals surface area contributed by atoms with Crippen molar-refractivity contribution >= 4 is 27.6 Å². The molecular weight excluding hydrogens is 202 g/mol. The lowest BCUT2D eigenvalue weighted by Gasteiger charge is -2.23. The van der Waals surface area contributed by atoms with Crippen molar-refractivity contribution < 1.29 is 9.22 Å². The largest absolute Gasteiger partial charge is 0.398 e. The summed E-state index contributed by atoms with van der Waals surface area (Å²) >= 11 is 3.94. The molecule has 0 saturated heterocycles. The fourth-order valence-corrected chi connectivity index (χ4v) is 3.65. The SMILES string of the molecule is C[Si](CC(C)(C)C)OC(S)C(N)=O. The Hall–Kier alpha value is -0.00312. The van der Waals surface area contributed by atoms with Crippen LogP contribution in [0.25, 0.3) is 0 Å². The summed E-state index contributed by atoms with van der Waals surface area (Å²) in [6.45, 7) is 8.44. The number of hydrogen-bond donors (Lipinski definition) is 2. The summed E-state index contributed by atoms with van der Waals surface area (Å²) in [7, 11) is -0.968. The molecular formula is C8H18NO2SSi. The van der Waals surface area contributed by atoms with Gasteiger partial charge >= 0.3 is 0 Å². The molecule has 0 aromatic carbocycles. The lowest BCUT2D eigenvalue weighted by atomic mass is 10.0. The Bertz CT molecular complexity index is 181. The zero-order valence-corrected chi connectivity index (χ0v) is 10.5. The van der Waals surface area contributed by atoms with E-state index < -0.39 is 20.4 Å². The van der Waals surface area contributed by atoms with Crippen molar-refractivity contribution in [1.29, 1.82) is 0 Å². The number of primary amides is 1. The summed E-state index contributed by atoms with van der Waals surface area (Å²) in [5, 5.41) is 0. The van der Waals surface area contributed by atoms with Crippen molar-refractivity contribution in [3.63, 3.8) is 0 Å². The van der Waals surface area contributed by atoms with E-state index >= 15 is 0 Å². The fourth-order valence-electron chi connectivity index (χ4n) is 1.04. The van der Waals surface area contributed by atoms with Gasteiger partial charge in [-0.25, -0.2) is 0 Å². The normalized spacial score (nSPS) is 14.6. The predicted molar refractivity (Wildman–Crippen MR) is 58.9 cm³/mol. The van der Waals surface area contributed by atoms with Gasteiger partial charge in [-0.3, -0.25) is 4.79 Å². The van der Waals surface area contributed by atoms with Crippen LogP contribution >= 0.6 is 12.6 Å². The van der Waals surface area contributed by atoms with Crippen LogP contribution in [0.4, 0.5) is 0 Å². The van der Waals surface area contributed by atoms with E-state index in [1.54, 1.807) is 0 Å². The van der Waals surface area contributed by atoms with Crippen LogP contribution in [-0.2, 0) is 9.22 Å². The molecule has 1 atom stereocenters. The molecule has 0 aromatic heterocycles. The first-order valence-corrected chi connectivity index (χ1v) is 6.82. The van der Waals surface area contributed by atoms with E-state index in [1.165, 1.54) is 0 Å². The van der Waals surface area contributed by atoms with Gasteiger partial charge in [0.2, 0.25) is 9.04 Å². The molecule has 0 bridgehead atoms. The highest BCUT2D eigenvalue weighted by atomic mass is 32.1. The first-order valence-electron chi connectivity index (χ1n) is 4.19. The maximum Gasteiger partial charge on any atom is 0.255 e. The third-order valence-electron chi connectivity index (χ3n) is 1.34.